The lowest BCUT2D eigenvalue weighted by Gasteiger charge is -2.14. The molecule has 1 aliphatic rings. The zero-order valence-electron chi connectivity index (χ0n) is 15.0. The summed E-state index contributed by atoms with van der Waals surface area (Å²) in [5.41, 5.74) is 1.19. The summed E-state index contributed by atoms with van der Waals surface area (Å²) in [6, 6.07) is 11.6. The van der Waals surface area contributed by atoms with Crippen LogP contribution in [0.1, 0.15) is 33.6 Å². The Morgan fingerprint density at radius 1 is 1.22 bits per heavy atom. The van der Waals surface area contributed by atoms with Gasteiger partial charge < -0.3 is 20.1 Å². The van der Waals surface area contributed by atoms with Crippen LogP contribution in [-0.2, 0) is 4.74 Å². The Balaban J connectivity index is 1.70. The fourth-order valence-corrected chi connectivity index (χ4v) is 3.16. The molecule has 2 aromatic rings. The Labute approximate surface area is 162 Å². The molecule has 1 heterocycles. The molecule has 142 valence electrons. The van der Waals surface area contributed by atoms with Crippen molar-refractivity contribution in [2.45, 2.75) is 18.9 Å². The van der Waals surface area contributed by atoms with Gasteiger partial charge in [0.15, 0.2) is 0 Å². The predicted molar refractivity (Wildman–Crippen MR) is 104 cm³/mol. The van der Waals surface area contributed by atoms with E-state index in [4.69, 9.17) is 21.1 Å². The second-order valence-corrected chi connectivity index (χ2v) is 6.60. The fraction of sp³-hybridized carbons (Fsp3) is 0.300. The first-order valence-electron chi connectivity index (χ1n) is 8.72. The number of halogens is 1. The zero-order valence-corrected chi connectivity index (χ0v) is 15.7. The minimum atomic E-state index is -0.362. The molecule has 7 heteroatoms. The summed E-state index contributed by atoms with van der Waals surface area (Å²) in [6.45, 7) is 1.19. The molecule has 0 radical (unpaired) electrons. The van der Waals surface area contributed by atoms with Crippen LogP contribution in [0.15, 0.2) is 42.5 Å². The van der Waals surface area contributed by atoms with Crippen molar-refractivity contribution >= 4 is 29.1 Å². The molecule has 0 bridgehead atoms. The fourth-order valence-electron chi connectivity index (χ4n) is 2.90. The summed E-state index contributed by atoms with van der Waals surface area (Å²) in [4.78, 5) is 25.1. The number of hydrogen-bond donors (Lipinski definition) is 2. The molecule has 3 rings (SSSR count). The molecular formula is C20H21ClN2O4. The lowest BCUT2D eigenvalue weighted by molar-refractivity contribution is 0.0858. The van der Waals surface area contributed by atoms with Crippen LogP contribution in [-0.4, -0.2) is 38.2 Å². The number of methoxy groups -OCH3 is 1. The summed E-state index contributed by atoms with van der Waals surface area (Å²) in [7, 11) is 1.51. The van der Waals surface area contributed by atoms with Crippen LogP contribution in [0, 0.1) is 0 Å². The molecular weight excluding hydrogens is 368 g/mol. The molecule has 0 aromatic heterocycles. The van der Waals surface area contributed by atoms with Crippen LogP contribution in [0.5, 0.6) is 5.75 Å². The SMILES string of the molecule is COc1ccc(C(=O)Nc2ccccc2C(=O)NCC2CCCO2)cc1Cl. The number of rotatable bonds is 6. The Hall–Kier alpha value is -2.57. The molecule has 0 saturated carbocycles. The number of hydrogen-bond acceptors (Lipinski definition) is 4. The number of benzene rings is 2. The maximum Gasteiger partial charge on any atom is 0.255 e. The highest BCUT2D eigenvalue weighted by atomic mass is 35.5. The van der Waals surface area contributed by atoms with Gasteiger partial charge >= 0.3 is 0 Å². The number of nitrogens with one attached hydrogen (secondary N) is 2. The quantitative estimate of drug-likeness (QED) is 0.793. The summed E-state index contributed by atoms with van der Waals surface area (Å²) < 4.78 is 10.6. The van der Waals surface area contributed by atoms with E-state index in [2.05, 4.69) is 10.6 Å². The van der Waals surface area contributed by atoms with E-state index in [0.29, 0.717) is 34.1 Å². The van der Waals surface area contributed by atoms with Crippen LogP contribution in [0.4, 0.5) is 5.69 Å². The van der Waals surface area contributed by atoms with Crippen molar-refractivity contribution in [1.82, 2.24) is 5.32 Å². The second kappa shape index (κ2) is 8.88. The van der Waals surface area contributed by atoms with Crippen LogP contribution in [0.3, 0.4) is 0 Å². The summed E-state index contributed by atoms with van der Waals surface area (Å²) in [6.07, 6.45) is 2.01. The first-order chi connectivity index (χ1) is 13.1. The first kappa shape index (κ1) is 19.2. The van der Waals surface area contributed by atoms with E-state index in [1.165, 1.54) is 13.2 Å². The average Bonchev–Trinajstić information content (AvgIpc) is 3.20. The van der Waals surface area contributed by atoms with E-state index < -0.39 is 0 Å². The maximum atomic E-state index is 12.5. The second-order valence-electron chi connectivity index (χ2n) is 6.19. The van der Waals surface area contributed by atoms with Crippen LogP contribution >= 0.6 is 11.6 Å². The number of ether oxygens (including phenoxy) is 2. The normalized spacial score (nSPS) is 16.0. The Bertz CT molecular complexity index is 834. The standard InChI is InChI=1S/C20H21ClN2O4/c1-26-18-9-8-13(11-16(18)21)19(24)23-17-7-3-2-6-15(17)20(25)22-12-14-5-4-10-27-14/h2-3,6-9,11,14H,4-5,10,12H2,1H3,(H,22,25)(H,23,24). The molecule has 1 unspecified atom stereocenters. The lowest BCUT2D eigenvalue weighted by atomic mass is 10.1. The molecule has 2 N–H and O–H groups in total. The number of carbonyl (C=O) groups excluding carboxylic acids is 2. The van der Waals surface area contributed by atoms with Gasteiger partial charge in [0.05, 0.1) is 29.5 Å². The van der Waals surface area contributed by atoms with E-state index in [9.17, 15) is 9.59 Å². The predicted octanol–water partition coefficient (Wildman–Crippen LogP) is 3.51. The Morgan fingerprint density at radius 2 is 2.04 bits per heavy atom. The number of para-hydroxylation sites is 1. The summed E-state index contributed by atoms with van der Waals surface area (Å²) in [5.74, 6) is -0.129. The van der Waals surface area contributed by atoms with Gasteiger partial charge in [-0.2, -0.15) is 0 Å². The van der Waals surface area contributed by atoms with Gasteiger partial charge in [0.2, 0.25) is 0 Å². The molecule has 1 aliphatic heterocycles. The Kier molecular flexibility index (Phi) is 6.32. The van der Waals surface area contributed by atoms with Crippen molar-refractivity contribution in [1.29, 1.82) is 0 Å². The van der Waals surface area contributed by atoms with Crippen molar-refractivity contribution in [2.24, 2.45) is 0 Å². The van der Waals surface area contributed by atoms with Gasteiger partial charge in [-0.1, -0.05) is 23.7 Å². The van der Waals surface area contributed by atoms with Gasteiger partial charge in [-0.25, -0.2) is 0 Å². The third kappa shape index (κ3) is 4.78. The Morgan fingerprint density at radius 3 is 2.74 bits per heavy atom. The molecule has 0 spiro atoms. The molecule has 6 nitrogen and oxygen atoms in total. The minimum Gasteiger partial charge on any atom is -0.495 e. The highest BCUT2D eigenvalue weighted by Gasteiger charge is 2.19. The van der Waals surface area contributed by atoms with Crippen molar-refractivity contribution in [3.63, 3.8) is 0 Å². The first-order valence-corrected chi connectivity index (χ1v) is 9.10. The number of amides is 2. The molecule has 2 amide bonds. The van der Waals surface area contributed by atoms with Crippen LogP contribution in [0.2, 0.25) is 5.02 Å². The van der Waals surface area contributed by atoms with Crippen molar-refractivity contribution in [3.05, 3.63) is 58.6 Å². The van der Waals surface area contributed by atoms with Crippen molar-refractivity contribution in [3.8, 4) is 5.75 Å². The van der Waals surface area contributed by atoms with E-state index in [0.717, 1.165) is 19.4 Å². The molecule has 27 heavy (non-hydrogen) atoms. The van der Waals surface area contributed by atoms with Gasteiger partial charge in [0.1, 0.15) is 5.75 Å². The highest BCUT2D eigenvalue weighted by molar-refractivity contribution is 6.32. The van der Waals surface area contributed by atoms with E-state index in [-0.39, 0.29) is 17.9 Å². The monoisotopic (exact) mass is 388 g/mol. The maximum absolute atomic E-state index is 12.5. The third-order valence-corrected chi connectivity index (χ3v) is 4.64. The zero-order chi connectivity index (χ0) is 19.2. The number of anilines is 1. The average molecular weight is 389 g/mol. The van der Waals surface area contributed by atoms with E-state index in [1.807, 2.05) is 0 Å². The molecule has 1 saturated heterocycles. The van der Waals surface area contributed by atoms with Crippen LogP contribution < -0.4 is 15.4 Å². The van der Waals surface area contributed by atoms with E-state index in [1.54, 1.807) is 36.4 Å². The van der Waals surface area contributed by atoms with Crippen LogP contribution in [0.25, 0.3) is 0 Å². The smallest absolute Gasteiger partial charge is 0.255 e. The minimum absolute atomic E-state index is 0.0529. The summed E-state index contributed by atoms with van der Waals surface area (Å²) >= 11 is 6.08. The molecule has 1 atom stereocenters. The van der Waals surface area contributed by atoms with Crippen molar-refractivity contribution in [2.75, 3.05) is 25.6 Å². The van der Waals surface area contributed by atoms with Crippen molar-refractivity contribution < 1.29 is 19.1 Å². The highest BCUT2D eigenvalue weighted by Crippen LogP contribution is 2.25. The molecule has 2 aromatic carbocycles. The number of carbonyl (C=O) groups is 2. The van der Waals surface area contributed by atoms with Gasteiger partial charge in [0.25, 0.3) is 11.8 Å². The molecule has 0 aliphatic carbocycles. The molecule has 1 fully saturated rings. The van der Waals surface area contributed by atoms with Gasteiger partial charge in [0, 0.05) is 18.7 Å². The van der Waals surface area contributed by atoms with Gasteiger partial charge in [-0.3, -0.25) is 9.59 Å². The van der Waals surface area contributed by atoms with E-state index >= 15 is 0 Å². The lowest BCUT2D eigenvalue weighted by Crippen LogP contribution is -2.32. The third-order valence-electron chi connectivity index (χ3n) is 4.35. The topological polar surface area (TPSA) is 76.7 Å². The largest absolute Gasteiger partial charge is 0.495 e. The summed E-state index contributed by atoms with van der Waals surface area (Å²) in [5, 5.41) is 5.98. The van der Waals surface area contributed by atoms with Gasteiger partial charge in [-0.05, 0) is 43.2 Å². The van der Waals surface area contributed by atoms with Gasteiger partial charge in [-0.15, -0.1) is 0 Å².